The minimum Gasteiger partial charge on any atom is -0.493 e. The average molecular weight is 521 g/mol. The molecule has 0 bridgehead atoms. The number of aromatic nitrogens is 1. The van der Waals surface area contributed by atoms with Gasteiger partial charge in [0.25, 0.3) is 0 Å². The van der Waals surface area contributed by atoms with Gasteiger partial charge in [0.05, 0.1) is 7.11 Å². The molecular formula is C25H40Cl3N3O2. The number of nitrogens with one attached hydrogen (secondary N) is 1. The Bertz CT molecular complexity index is 740. The first-order valence-electron chi connectivity index (χ1n) is 11.5. The molecule has 1 aromatic heterocycles. The largest absolute Gasteiger partial charge is 0.493 e. The van der Waals surface area contributed by atoms with Crippen molar-refractivity contribution < 1.29 is 9.47 Å². The van der Waals surface area contributed by atoms with Crippen LogP contribution in [0.1, 0.15) is 57.1 Å². The van der Waals surface area contributed by atoms with E-state index >= 15 is 0 Å². The van der Waals surface area contributed by atoms with Gasteiger partial charge in [-0.25, -0.2) is 4.98 Å². The monoisotopic (exact) mass is 519 g/mol. The second-order valence-corrected chi connectivity index (χ2v) is 8.23. The topological polar surface area (TPSA) is 46.6 Å². The molecule has 2 aromatic rings. The molecule has 1 aromatic carbocycles. The highest BCUT2D eigenvalue weighted by Crippen LogP contribution is 2.28. The standard InChI is InChI=1S/C25H38ClN3O2.2ClH/c1-4-6-14-29(15-7-5-2)16-8-13-27-18-21-9-11-23(24(17-21)30-3)31-20-22-10-12-25(26)28-19-22;;/h9-12,17,19,27H,4-8,13-16,18,20H2,1-3H3;2*1H. The van der Waals surface area contributed by atoms with Crippen molar-refractivity contribution in [3.63, 3.8) is 0 Å². The number of benzene rings is 1. The number of rotatable bonds is 16. The van der Waals surface area contributed by atoms with Crippen LogP contribution in [0.3, 0.4) is 0 Å². The van der Waals surface area contributed by atoms with E-state index in [-0.39, 0.29) is 24.8 Å². The summed E-state index contributed by atoms with van der Waals surface area (Å²) in [5.74, 6) is 1.47. The van der Waals surface area contributed by atoms with Crippen LogP contribution in [0.4, 0.5) is 0 Å². The summed E-state index contributed by atoms with van der Waals surface area (Å²) < 4.78 is 11.4. The number of pyridine rings is 1. The molecule has 33 heavy (non-hydrogen) atoms. The van der Waals surface area contributed by atoms with E-state index in [1.807, 2.05) is 18.2 Å². The van der Waals surface area contributed by atoms with Gasteiger partial charge < -0.3 is 19.7 Å². The minimum absolute atomic E-state index is 0. The van der Waals surface area contributed by atoms with Crippen molar-refractivity contribution in [1.82, 2.24) is 15.2 Å². The van der Waals surface area contributed by atoms with E-state index in [4.69, 9.17) is 21.1 Å². The van der Waals surface area contributed by atoms with Crippen molar-refractivity contribution in [3.8, 4) is 11.5 Å². The van der Waals surface area contributed by atoms with Crippen molar-refractivity contribution in [2.45, 2.75) is 59.1 Å². The minimum atomic E-state index is 0. The summed E-state index contributed by atoms with van der Waals surface area (Å²) in [6.07, 6.45) is 8.00. The van der Waals surface area contributed by atoms with Gasteiger partial charge in [0, 0.05) is 18.3 Å². The molecule has 1 heterocycles. The van der Waals surface area contributed by atoms with Crippen LogP contribution < -0.4 is 14.8 Å². The predicted octanol–water partition coefficient (Wildman–Crippen LogP) is 6.55. The lowest BCUT2D eigenvalue weighted by Crippen LogP contribution is -2.29. The number of halogens is 3. The van der Waals surface area contributed by atoms with Gasteiger partial charge in [-0.05, 0) is 69.2 Å². The van der Waals surface area contributed by atoms with Gasteiger partial charge in [-0.1, -0.05) is 50.4 Å². The molecule has 0 amide bonds. The van der Waals surface area contributed by atoms with E-state index < -0.39 is 0 Å². The van der Waals surface area contributed by atoms with Crippen LogP contribution in [0.5, 0.6) is 11.5 Å². The van der Waals surface area contributed by atoms with Crippen LogP contribution >= 0.6 is 36.4 Å². The molecule has 0 saturated heterocycles. The summed E-state index contributed by atoms with van der Waals surface area (Å²) in [5.41, 5.74) is 2.15. The predicted molar refractivity (Wildman–Crippen MR) is 144 cm³/mol. The highest BCUT2D eigenvalue weighted by atomic mass is 35.5. The molecule has 188 valence electrons. The first-order chi connectivity index (χ1) is 15.2. The van der Waals surface area contributed by atoms with Gasteiger partial charge in [-0.15, -0.1) is 24.8 Å². The maximum absolute atomic E-state index is 5.91. The Morgan fingerprint density at radius 3 is 2.18 bits per heavy atom. The third kappa shape index (κ3) is 12.7. The Labute approximate surface area is 217 Å². The Morgan fingerprint density at radius 2 is 1.58 bits per heavy atom. The molecular weight excluding hydrogens is 481 g/mol. The Balaban J connectivity index is 0.00000512. The van der Waals surface area contributed by atoms with Crippen molar-refractivity contribution in [3.05, 3.63) is 52.8 Å². The number of hydrogen-bond donors (Lipinski definition) is 1. The van der Waals surface area contributed by atoms with E-state index in [0.29, 0.717) is 11.8 Å². The zero-order valence-corrected chi connectivity index (χ0v) is 22.5. The third-order valence-corrected chi connectivity index (χ3v) is 5.45. The zero-order chi connectivity index (χ0) is 22.3. The molecule has 0 unspecified atom stereocenters. The Kier molecular flexibility index (Phi) is 18.4. The number of hydrogen-bond acceptors (Lipinski definition) is 5. The van der Waals surface area contributed by atoms with Crippen LogP contribution in [0.2, 0.25) is 5.15 Å². The van der Waals surface area contributed by atoms with Crippen molar-refractivity contribution >= 4 is 36.4 Å². The van der Waals surface area contributed by atoms with E-state index in [2.05, 4.69) is 35.1 Å². The molecule has 2 rings (SSSR count). The molecule has 0 saturated carbocycles. The second kappa shape index (κ2) is 19.1. The van der Waals surface area contributed by atoms with Crippen molar-refractivity contribution in [2.24, 2.45) is 0 Å². The van der Waals surface area contributed by atoms with E-state index in [9.17, 15) is 0 Å². The first-order valence-corrected chi connectivity index (χ1v) is 11.9. The summed E-state index contributed by atoms with van der Waals surface area (Å²) >= 11 is 5.83. The van der Waals surface area contributed by atoms with Gasteiger partial charge in [-0.2, -0.15) is 0 Å². The maximum atomic E-state index is 5.91. The van der Waals surface area contributed by atoms with Crippen LogP contribution in [0.15, 0.2) is 36.5 Å². The molecule has 5 nitrogen and oxygen atoms in total. The molecule has 8 heteroatoms. The van der Waals surface area contributed by atoms with Gasteiger partial charge >= 0.3 is 0 Å². The fourth-order valence-corrected chi connectivity index (χ4v) is 3.47. The molecule has 1 N–H and O–H groups in total. The Morgan fingerprint density at radius 1 is 0.909 bits per heavy atom. The van der Waals surface area contributed by atoms with Crippen LogP contribution in [0, 0.1) is 0 Å². The SMILES string of the molecule is CCCCN(CCCC)CCCNCc1ccc(OCc2ccc(Cl)nc2)c(OC)c1.Cl.Cl. The highest BCUT2D eigenvalue weighted by Gasteiger charge is 2.07. The number of ether oxygens (including phenoxy) is 2. The molecule has 0 aliphatic heterocycles. The summed E-state index contributed by atoms with van der Waals surface area (Å²) in [4.78, 5) is 6.69. The smallest absolute Gasteiger partial charge is 0.161 e. The van der Waals surface area contributed by atoms with Crippen molar-refractivity contribution in [1.29, 1.82) is 0 Å². The molecule has 0 atom stereocenters. The van der Waals surface area contributed by atoms with Gasteiger partial charge in [0.2, 0.25) is 0 Å². The highest BCUT2D eigenvalue weighted by molar-refractivity contribution is 6.29. The fourth-order valence-electron chi connectivity index (χ4n) is 3.35. The summed E-state index contributed by atoms with van der Waals surface area (Å²) in [7, 11) is 1.67. The van der Waals surface area contributed by atoms with E-state index in [1.54, 1.807) is 19.4 Å². The molecule has 0 radical (unpaired) electrons. The van der Waals surface area contributed by atoms with E-state index in [0.717, 1.165) is 30.2 Å². The van der Waals surface area contributed by atoms with E-state index in [1.165, 1.54) is 57.3 Å². The Hall–Kier alpha value is -1.24. The lowest BCUT2D eigenvalue weighted by Gasteiger charge is -2.22. The van der Waals surface area contributed by atoms with Crippen LogP contribution in [-0.4, -0.2) is 43.2 Å². The van der Waals surface area contributed by atoms with Gasteiger partial charge in [0.15, 0.2) is 11.5 Å². The molecule has 0 aliphatic carbocycles. The normalized spacial score (nSPS) is 10.5. The maximum Gasteiger partial charge on any atom is 0.161 e. The number of unbranched alkanes of at least 4 members (excludes halogenated alkanes) is 2. The van der Waals surface area contributed by atoms with Crippen LogP contribution in [0.25, 0.3) is 0 Å². The van der Waals surface area contributed by atoms with Gasteiger partial charge in [-0.3, -0.25) is 0 Å². The lowest BCUT2D eigenvalue weighted by atomic mass is 10.2. The molecule has 0 aliphatic rings. The fraction of sp³-hybridized carbons (Fsp3) is 0.560. The average Bonchev–Trinajstić information content (AvgIpc) is 2.80. The molecule has 0 fully saturated rings. The number of nitrogens with zero attached hydrogens (tertiary/aromatic N) is 2. The summed E-state index contributed by atoms with van der Waals surface area (Å²) in [6.45, 7) is 10.4. The number of methoxy groups -OCH3 is 1. The van der Waals surface area contributed by atoms with Crippen molar-refractivity contribution in [2.75, 3.05) is 33.3 Å². The third-order valence-electron chi connectivity index (χ3n) is 5.22. The van der Waals surface area contributed by atoms with Crippen LogP contribution in [-0.2, 0) is 13.2 Å². The summed E-state index contributed by atoms with van der Waals surface area (Å²) in [5, 5.41) is 4.04. The lowest BCUT2D eigenvalue weighted by molar-refractivity contribution is 0.261. The zero-order valence-electron chi connectivity index (χ0n) is 20.1. The molecule has 0 spiro atoms. The van der Waals surface area contributed by atoms with Gasteiger partial charge in [0.1, 0.15) is 11.8 Å². The quantitative estimate of drug-likeness (QED) is 0.201. The first kappa shape index (κ1) is 31.8. The second-order valence-electron chi connectivity index (χ2n) is 7.84. The summed E-state index contributed by atoms with van der Waals surface area (Å²) in [6, 6.07) is 9.76.